The molecule has 5 rings (SSSR count). The highest BCUT2D eigenvalue weighted by atomic mass is 32.1. The van der Waals surface area contributed by atoms with E-state index in [2.05, 4.69) is 37.9 Å². The molecule has 1 aromatic heterocycles. The highest BCUT2D eigenvalue weighted by Crippen LogP contribution is 2.39. The number of β-amino-alcohol motifs (C(OH)–C–C–N with tert-alkyl or cyclic N) is 1. The second-order valence-corrected chi connectivity index (χ2v) is 10.5. The maximum Gasteiger partial charge on any atom is 0.228 e. The van der Waals surface area contributed by atoms with E-state index in [1.54, 1.807) is 7.05 Å². The Morgan fingerprint density at radius 3 is 2.83 bits per heavy atom. The summed E-state index contributed by atoms with van der Waals surface area (Å²) in [5.74, 6) is -0.774. The summed E-state index contributed by atoms with van der Waals surface area (Å²) in [6.45, 7) is 3.93. The van der Waals surface area contributed by atoms with Gasteiger partial charge in [-0.1, -0.05) is 41.7 Å². The normalized spacial score (nSPS) is 19.3. The summed E-state index contributed by atoms with van der Waals surface area (Å²) in [5.41, 5.74) is 4.57. The fraction of sp³-hybridized carbons (Fsp3) is 0.385. The van der Waals surface area contributed by atoms with E-state index in [4.69, 9.17) is 0 Å². The lowest BCUT2D eigenvalue weighted by Crippen LogP contribution is -2.36. The molecule has 2 aromatic carbocycles. The number of aryl methyl sites for hydroxylation is 1. The van der Waals surface area contributed by atoms with Crippen LogP contribution < -0.4 is 10.6 Å². The number of hydrogen-bond donors (Lipinski definition) is 3. The minimum atomic E-state index is -0.480. The Kier molecular flexibility index (Phi) is 6.64. The number of likely N-dealkylation sites (N-methyl/N-ethyl adjacent to an activating group) is 1. The van der Waals surface area contributed by atoms with Crippen LogP contribution in [0.4, 0.5) is 5.69 Å². The first-order valence-corrected chi connectivity index (χ1v) is 12.7. The second kappa shape index (κ2) is 9.85. The molecule has 2 aliphatic rings. The standard InChI is InChI=1S/C26H29N5O3S/c1-15-29-30-26(35-15)19-5-3-4-16(10-19)21(14-31-9-8-20(32)13-31)24(25(34)27-2)18-7-6-17-12-23(33)28-22(17)11-18/h3-7,10-11,20-21,24,32H,8-9,12-14H2,1-2H3,(H,27,34)(H,28,33)/t20-,21+,24?/m0/s1. The molecular formula is C26H29N5O3S. The van der Waals surface area contributed by atoms with Gasteiger partial charge in [0.05, 0.1) is 18.4 Å². The number of nitrogens with zero attached hydrogens (tertiary/aromatic N) is 3. The van der Waals surface area contributed by atoms with Crippen LogP contribution in [0.2, 0.25) is 0 Å². The number of carbonyl (C=O) groups excluding carboxylic acids is 2. The molecule has 8 nitrogen and oxygen atoms in total. The number of aliphatic hydroxyl groups excluding tert-OH is 1. The van der Waals surface area contributed by atoms with Gasteiger partial charge in [-0.05, 0) is 42.2 Å². The van der Waals surface area contributed by atoms with Crippen molar-refractivity contribution >= 4 is 28.8 Å². The van der Waals surface area contributed by atoms with Crippen LogP contribution in [-0.2, 0) is 16.0 Å². The Bertz CT molecular complexity index is 1260. The number of aliphatic hydroxyl groups is 1. The van der Waals surface area contributed by atoms with E-state index in [9.17, 15) is 14.7 Å². The van der Waals surface area contributed by atoms with E-state index >= 15 is 0 Å². The summed E-state index contributed by atoms with van der Waals surface area (Å²) in [6.07, 6.45) is 0.741. The predicted octanol–water partition coefficient (Wildman–Crippen LogP) is 2.69. The smallest absolute Gasteiger partial charge is 0.228 e. The van der Waals surface area contributed by atoms with Crippen LogP contribution >= 0.6 is 11.3 Å². The van der Waals surface area contributed by atoms with E-state index in [0.29, 0.717) is 19.5 Å². The number of benzene rings is 2. The third-order valence-corrected chi connectivity index (χ3v) is 7.73. The number of anilines is 1. The third-order valence-electron chi connectivity index (χ3n) is 6.84. The lowest BCUT2D eigenvalue weighted by atomic mass is 9.79. The van der Waals surface area contributed by atoms with Gasteiger partial charge in [-0.15, -0.1) is 10.2 Å². The summed E-state index contributed by atoms with van der Waals surface area (Å²) in [6, 6.07) is 14.0. The number of rotatable bonds is 7. The highest BCUT2D eigenvalue weighted by Gasteiger charge is 2.35. The molecule has 0 spiro atoms. The van der Waals surface area contributed by atoms with Gasteiger partial charge in [0.25, 0.3) is 0 Å². The summed E-state index contributed by atoms with van der Waals surface area (Å²) in [5, 5.41) is 26.1. The van der Waals surface area contributed by atoms with Gasteiger partial charge in [-0.25, -0.2) is 0 Å². The van der Waals surface area contributed by atoms with Crippen LogP contribution in [0.15, 0.2) is 42.5 Å². The van der Waals surface area contributed by atoms with Crippen molar-refractivity contribution in [1.29, 1.82) is 0 Å². The van der Waals surface area contributed by atoms with Gasteiger partial charge < -0.3 is 20.6 Å². The van der Waals surface area contributed by atoms with Crippen molar-refractivity contribution in [2.75, 3.05) is 32.0 Å². The average molecular weight is 492 g/mol. The van der Waals surface area contributed by atoms with Gasteiger partial charge in [-0.2, -0.15) is 0 Å². The van der Waals surface area contributed by atoms with Crippen LogP contribution in [-0.4, -0.2) is 64.8 Å². The van der Waals surface area contributed by atoms with E-state index in [1.807, 2.05) is 37.3 Å². The van der Waals surface area contributed by atoms with Crippen molar-refractivity contribution in [3.05, 3.63) is 64.2 Å². The first kappa shape index (κ1) is 23.6. The predicted molar refractivity (Wildman–Crippen MR) is 135 cm³/mol. The largest absolute Gasteiger partial charge is 0.392 e. The van der Waals surface area contributed by atoms with Gasteiger partial charge in [0, 0.05) is 43.9 Å². The molecular weight excluding hydrogens is 462 g/mol. The van der Waals surface area contributed by atoms with Crippen molar-refractivity contribution in [3.63, 3.8) is 0 Å². The van der Waals surface area contributed by atoms with Crippen LogP contribution in [0.1, 0.15) is 40.0 Å². The Morgan fingerprint density at radius 1 is 1.26 bits per heavy atom. The number of amides is 2. The molecule has 1 unspecified atom stereocenters. The summed E-state index contributed by atoms with van der Waals surface area (Å²) >= 11 is 1.54. The van der Waals surface area contributed by atoms with E-state index in [1.165, 1.54) is 11.3 Å². The molecule has 3 N–H and O–H groups in total. The minimum absolute atomic E-state index is 0.0312. The highest BCUT2D eigenvalue weighted by molar-refractivity contribution is 7.14. The molecule has 1 saturated heterocycles. The number of nitrogens with one attached hydrogen (secondary N) is 2. The molecule has 3 atom stereocenters. The third kappa shape index (κ3) is 4.98. The van der Waals surface area contributed by atoms with Crippen molar-refractivity contribution in [2.24, 2.45) is 0 Å². The summed E-state index contributed by atoms with van der Waals surface area (Å²) in [4.78, 5) is 27.6. The van der Waals surface area contributed by atoms with Crippen molar-refractivity contribution in [2.45, 2.75) is 37.7 Å². The topological polar surface area (TPSA) is 107 Å². The molecule has 35 heavy (non-hydrogen) atoms. The number of fused-ring (bicyclic) bond motifs is 1. The summed E-state index contributed by atoms with van der Waals surface area (Å²) in [7, 11) is 1.65. The van der Waals surface area contributed by atoms with Gasteiger partial charge >= 0.3 is 0 Å². The van der Waals surface area contributed by atoms with Gasteiger partial charge in [0.1, 0.15) is 10.0 Å². The van der Waals surface area contributed by atoms with E-state index in [-0.39, 0.29) is 23.8 Å². The first-order valence-electron chi connectivity index (χ1n) is 11.9. The van der Waals surface area contributed by atoms with Crippen LogP contribution in [0, 0.1) is 6.92 Å². The number of aromatic nitrogens is 2. The maximum atomic E-state index is 13.4. The first-order chi connectivity index (χ1) is 16.9. The van der Waals surface area contributed by atoms with E-state index in [0.717, 1.165) is 50.9 Å². The van der Waals surface area contributed by atoms with E-state index < -0.39 is 5.92 Å². The fourth-order valence-electron chi connectivity index (χ4n) is 5.12. The summed E-state index contributed by atoms with van der Waals surface area (Å²) < 4.78 is 0. The van der Waals surface area contributed by atoms with Crippen LogP contribution in [0.25, 0.3) is 10.6 Å². The molecule has 0 saturated carbocycles. The Labute approximate surface area is 208 Å². The second-order valence-electron chi connectivity index (χ2n) is 9.29. The molecule has 3 aromatic rings. The van der Waals surface area contributed by atoms with Gasteiger partial charge in [0.2, 0.25) is 11.8 Å². The zero-order valence-electron chi connectivity index (χ0n) is 19.8. The Balaban J connectivity index is 1.57. The fourth-order valence-corrected chi connectivity index (χ4v) is 5.81. The lowest BCUT2D eigenvalue weighted by Gasteiger charge is -2.31. The van der Waals surface area contributed by atoms with Crippen molar-refractivity contribution < 1.29 is 14.7 Å². The Morgan fingerprint density at radius 2 is 2.11 bits per heavy atom. The number of hydrogen-bond acceptors (Lipinski definition) is 7. The minimum Gasteiger partial charge on any atom is -0.392 e. The molecule has 3 heterocycles. The average Bonchev–Trinajstić information content (AvgIpc) is 3.57. The molecule has 2 aliphatic heterocycles. The molecule has 0 bridgehead atoms. The van der Waals surface area contributed by atoms with Crippen LogP contribution in [0.3, 0.4) is 0 Å². The maximum absolute atomic E-state index is 13.4. The molecule has 2 amide bonds. The number of likely N-dealkylation sites (tertiary alicyclic amines) is 1. The molecule has 9 heteroatoms. The monoisotopic (exact) mass is 491 g/mol. The number of carbonyl (C=O) groups is 2. The lowest BCUT2D eigenvalue weighted by molar-refractivity contribution is -0.122. The zero-order chi connectivity index (χ0) is 24.5. The molecule has 0 radical (unpaired) electrons. The Hall–Kier alpha value is -3.14. The molecule has 182 valence electrons. The van der Waals surface area contributed by atoms with Crippen molar-refractivity contribution in [1.82, 2.24) is 20.4 Å². The van der Waals surface area contributed by atoms with Crippen LogP contribution in [0.5, 0.6) is 0 Å². The zero-order valence-corrected chi connectivity index (χ0v) is 20.6. The quantitative estimate of drug-likeness (QED) is 0.469. The van der Waals surface area contributed by atoms with Gasteiger partial charge in [0.15, 0.2) is 0 Å². The molecule has 0 aliphatic carbocycles. The van der Waals surface area contributed by atoms with Gasteiger partial charge in [-0.3, -0.25) is 9.59 Å². The van der Waals surface area contributed by atoms with Crippen molar-refractivity contribution in [3.8, 4) is 10.6 Å². The SMILES string of the molecule is CNC(=O)C(c1ccc2c(c1)NC(=O)C2)[C@H](CN1CC[C@H](O)C1)c1cccc(-c2nnc(C)s2)c1. The molecule has 1 fully saturated rings.